The molecule has 0 saturated carbocycles. The minimum Gasteiger partial charge on any atom is -0.494 e. The molecule has 0 aliphatic rings. The molecule has 2 rings (SSSR count). The predicted molar refractivity (Wildman–Crippen MR) is 111 cm³/mol. The minimum absolute atomic E-state index is 0.253. The van der Waals surface area contributed by atoms with Crippen molar-refractivity contribution in [3.63, 3.8) is 0 Å². The summed E-state index contributed by atoms with van der Waals surface area (Å²) in [5.74, 6) is 1.10. The summed E-state index contributed by atoms with van der Waals surface area (Å²) in [5, 5.41) is 2.74. The number of anilines is 1. The van der Waals surface area contributed by atoms with Gasteiger partial charge in [0.15, 0.2) is 11.5 Å². The molecule has 158 valence electrons. The molecule has 0 bridgehead atoms. The first-order valence-corrected chi connectivity index (χ1v) is 10.8. The zero-order chi connectivity index (χ0) is 21.4. The minimum atomic E-state index is -3.70. The second kappa shape index (κ2) is 10.0. The molecule has 9 heteroatoms. The third-order valence-corrected chi connectivity index (χ3v) is 5.18. The van der Waals surface area contributed by atoms with Gasteiger partial charge in [-0.1, -0.05) is 12.1 Å². The summed E-state index contributed by atoms with van der Waals surface area (Å²) in [4.78, 5) is 12.4. The van der Waals surface area contributed by atoms with E-state index in [1.807, 2.05) is 31.2 Å². The zero-order valence-electron chi connectivity index (χ0n) is 17.0. The number of nitrogens with zero attached hydrogens (tertiary/aromatic N) is 1. The van der Waals surface area contributed by atoms with Crippen molar-refractivity contribution in [1.29, 1.82) is 0 Å². The maximum absolute atomic E-state index is 12.4. The van der Waals surface area contributed by atoms with Gasteiger partial charge in [-0.2, -0.15) is 0 Å². The average molecular weight is 423 g/mol. The number of rotatable bonds is 10. The van der Waals surface area contributed by atoms with Crippen molar-refractivity contribution in [3.05, 3.63) is 48.0 Å². The largest absolute Gasteiger partial charge is 0.494 e. The van der Waals surface area contributed by atoms with E-state index in [0.717, 1.165) is 16.1 Å². The van der Waals surface area contributed by atoms with E-state index in [-0.39, 0.29) is 13.1 Å². The molecule has 0 atom stereocenters. The Labute approximate surface area is 171 Å². The van der Waals surface area contributed by atoms with E-state index in [9.17, 15) is 13.2 Å². The molecular weight excluding hydrogens is 396 g/mol. The van der Waals surface area contributed by atoms with Crippen LogP contribution in [0.1, 0.15) is 12.5 Å². The zero-order valence-corrected chi connectivity index (χ0v) is 17.8. The Morgan fingerprint density at radius 1 is 1.07 bits per heavy atom. The molecule has 0 aliphatic carbocycles. The monoisotopic (exact) mass is 422 g/mol. The fraction of sp³-hybridized carbons (Fsp3) is 0.350. The number of hydrogen-bond acceptors (Lipinski definition) is 6. The summed E-state index contributed by atoms with van der Waals surface area (Å²) in [5.41, 5.74) is 1.15. The van der Waals surface area contributed by atoms with Crippen molar-refractivity contribution in [2.24, 2.45) is 0 Å². The number of benzene rings is 2. The van der Waals surface area contributed by atoms with Gasteiger partial charge in [-0.05, 0) is 36.8 Å². The van der Waals surface area contributed by atoms with Gasteiger partial charge >= 0.3 is 0 Å². The quantitative estimate of drug-likeness (QED) is 0.631. The Morgan fingerprint density at radius 3 is 2.41 bits per heavy atom. The Bertz CT molecular complexity index is 946. The SMILES string of the molecule is CCOc1cccc(CNC(=O)CN(c2ccc(OC)c(OC)c2)S(C)(=O)=O)c1. The Hall–Kier alpha value is -2.94. The highest BCUT2D eigenvalue weighted by Crippen LogP contribution is 2.32. The predicted octanol–water partition coefficient (Wildman–Crippen LogP) is 2.18. The average Bonchev–Trinajstić information content (AvgIpc) is 2.69. The van der Waals surface area contributed by atoms with Crippen LogP contribution in [0.3, 0.4) is 0 Å². The van der Waals surface area contributed by atoms with Gasteiger partial charge in [0, 0.05) is 12.6 Å². The first kappa shape index (κ1) is 22.4. The third-order valence-electron chi connectivity index (χ3n) is 4.04. The Kier molecular flexibility index (Phi) is 7.72. The second-order valence-electron chi connectivity index (χ2n) is 6.17. The van der Waals surface area contributed by atoms with Gasteiger partial charge < -0.3 is 19.5 Å². The van der Waals surface area contributed by atoms with Crippen LogP contribution in [0.2, 0.25) is 0 Å². The number of nitrogens with one attached hydrogen (secondary N) is 1. The highest BCUT2D eigenvalue weighted by atomic mass is 32.2. The molecule has 1 N–H and O–H groups in total. The van der Waals surface area contributed by atoms with Gasteiger partial charge in [-0.25, -0.2) is 8.42 Å². The summed E-state index contributed by atoms with van der Waals surface area (Å²) < 4.78 is 41.4. The van der Waals surface area contributed by atoms with Gasteiger partial charge in [0.1, 0.15) is 12.3 Å². The van der Waals surface area contributed by atoms with Gasteiger partial charge in [0.2, 0.25) is 15.9 Å². The van der Waals surface area contributed by atoms with Crippen LogP contribution in [-0.2, 0) is 21.4 Å². The molecule has 0 aliphatic heterocycles. The number of ether oxygens (including phenoxy) is 3. The van der Waals surface area contributed by atoms with Gasteiger partial charge in [0.25, 0.3) is 0 Å². The summed E-state index contributed by atoms with van der Waals surface area (Å²) >= 11 is 0. The molecule has 2 aromatic rings. The molecule has 0 radical (unpaired) electrons. The fourth-order valence-electron chi connectivity index (χ4n) is 2.68. The number of sulfonamides is 1. The first-order chi connectivity index (χ1) is 13.8. The number of carbonyl (C=O) groups is 1. The van der Waals surface area contributed by atoms with E-state index in [1.165, 1.54) is 20.3 Å². The van der Waals surface area contributed by atoms with Crippen LogP contribution in [0.25, 0.3) is 0 Å². The fourth-order valence-corrected chi connectivity index (χ4v) is 3.53. The summed E-state index contributed by atoms with van der Waals surface area (Å²) in [6.07, 6.45) is 1.04. The Morgan fingerprint density at radius 2 is 1.79 bits per heavy atom. The van der Waals surface area contributed by atoms with Crippen LogP contribution in [0.4, 0.5) is 5.69 Å². The smallest absolute Gasteiger partial charge is 0.241 e. The van der Waals surface area contributed by atoms with E-state index < -0.39 is 15.9 Å². The lowest BCUT2D eigenvalue weighted by Gasteiger charge is -2.23. The lowest BCUT2D eigenvalue weighted by Crippen LogP contribution is -2.40. The number of amides is 1. The first-order valence-electron chi connectivity index (χ1n) is 8.96. The van der Waals surface area contributed by atoms with Crippen molar-refractivity contribution in [3.8, 4) is 17.2 Å². The summed E-state index contributed by atoms with van der Waals surface area (Å²) in [7, 11) is -0.759. The summed E-state index contributed by atoms with van der Waals surface area (Å²) in [6, 6.07) is 12.0. The molecule has 0 heterocycles. The molecule has 29 heavy (non-hydrogen) atoms. The lowest BCUT2D eigenvalue weighted by atomic mass is 10.2. The standard InChI is InChI=1S/C20H26N2O6S/c1-5-28-17-8-6-7-15(11-17)13-21-20(23)14-22(29(4,24)25)16-9-10-18(26-2)19(12-16)27-3/h6-12H,5,13-14H2,1-4H3,(H,21,23). The lowest BCUT2D eigenvalue weighted by molar-refractivity contribution is -0.119. The molecule has 8 nitrogen and oxygen atoms in total. The Balaban J connectivity index is 2.13. The molecule has 2 aromatic carbocycles. The van der Waals surface area contributed by atoms with Crippen LogP contribution < -0.4 is 23.8 Å². The van der Waals surface area contributed by atoms with Crippen molar-refractivity contribution < 1.29 is 27.4 Å². The van der Waals surface area contributed by atoms with Gasteiger partial charge in [0.05, 0.1) is 32.8 Å². The van der Waals surface area contributed by atoms with Crippen molar-refractivity contribution in [2.75, 3.05) is 37.9 Å². The van der Waals surface area contributed by atoms with Crippen LogP contribution in [0, 0.1) is 0 Å². The molecule has 0 unspecified atom stereocenters. The molecule has 0 aromatic heterocycles. The number of methoxy groups -OCH3 is 2. The van der Waals surface area contributed by atoms with E-state index in [4.69, 9.17) is 14.2 Å². The van der Waals surface area contributed by atoms with E-state index in [1.54, 1.807) is 12.1 Å². The van der Waals surface area contributed by atoms with Crippen LogP contribution in [0.15, 0.2) is 42.5 Å². The maximum atomic E-state index is 12.4. The van der Waals surface area contributed by atoms with Gasteiger partial charge in [-0.15, -0.1) is 0 Å². The van der Waals surface area contributed by atoms with Crippen LogP contribution in [0.5, 0.6) is 17.2 Å². The van der Waals surface area contributed by atoms with E-state index in [0.29, 0.717) is 29.5 Å². The molecule has 0 spiro atoms. The highest BCUT2D eigenvalue weighted by Gasteiger charge is 2.22. The molecule has 0 fully saturated rings. The van der Waals surface area contributed by atoms with E-state index >= 15 is 0 Å². The van der Waals surface area contributed by atoms with Crippen molar-refractivity contribution >= 4 is 21.6 Å². The van der Waals surface area contributed by atoms with E-state index in [2.05, 4.69) is 5.32 Å². The number of carbonyl (C=O) groups excluding carboxylic acids is 1. The molecular formula is C20H26N2O6S. The number of hydrogen-bond donors (Lipinski definition) is 1. The second-order valence-corrected chi connectivity index (χ2v) is 8.07. The summed E-state index contributed by atoms with van der Waals surface area (Å²) in [6.45, 7) is 2.33. The molecule has 1 amide bonds. The molecule has 0 saturated heterocycles. The van der Waals surface area contributed by atoms with Crippen molar-refractivity contribution in [2.45, 2.75) is 13.5 Å². The third kappa shape index (κ3) is 6.28. The maximum Gasteiger partial charge on any atom is 0.241 e. The topological polar surface area (TPSA) is 94.2 Å². The highest BCUT2D eigenvalue weighted by molar-refractivity contribution is 7.92. The van der Waals surface area contributed by atoms with Crippen LogP contribution >= 0.6 is 0 Å². The van der Waals surface area contributed by atoms with Gasteiger partial charge in [-0.3, -0.25) is 9.10 Å². The van der Waals surface area contributed by atoms with Crippen molar-refractivity contribution in [1.82, 2.24) is 5.32 Å². The van der Waals surface area contributed by atoms with Crippen LogP contribution in [-0.4, -0.2) is 48.0 Å². The normalized spacial score (nSPS) is 10.9.